The van der Waals surface area contributed by atoms with Crippen LogP contribution in [-0.4, -0.2) is 12.8 Å². The van der Waals surface area contributed by atoms with E-state index in [-0.39, 0.29) is 17.9 Å². The van der Waals surface area contributed by atoms with E-state index in [4.69, 9.17) is 4.74 Å². The molecule has 0 bridgehead atoms. The summed E-state index contributed by atoms with van der Waals surface area (Å²) in [4.78, 5) is 11.1. The molecule has 0 aromatic heterocycles. The molecule has 0 saturated carbocycles. The van der Waals surface area contributed by atoms with Crippen molar-refractivity contribution in [3.05, 3.63) is 54.1 Å². The quantitative estimate of drug-likeness (QED) is 0.624. The number of halogens is 2. The second-order valence-electron chi connectivity index (χ2n) is 3.93. The number of carbonyl (C=O) groups is 1. The summed E-state index contributed by atoms with van der Waals surface area (Å²) in [5, 5.41) is 0. The standard InChI is InChI=1S/C15H12F2O3/c1-2-19-15(18)20-12-6-3-10(4-7-12)13-8-5-11(16)9-14(13)17/h3-9H,2H2,1H3. The number of hydrogen-bond acceptors (Lipinski definition) is 3. The molecule has 0 aliphatic rings. The molecule has 0 amide bonds. The first-order valence-electron chi connectivity index (χ1n) is 6.00. The van der Waals surface area contributed by atoms with Crippen molar-refractivity contribution in [1.82, 2.24) is 0 Å². The minimum absolute atomic E-state index is 0.220. The van der Waals surface area contributed by atoms with E-state index in [0.717, 1.165) is 6.07 Å². The van der Waals surface area contributed by atoms with Crippen molar-refractivity contribution in [1.29, 1.82) is 0 Å². The Morgan fingerprint density at radius 1 is 1.10 bits per heavy atom. The summed E-state index contributed by atoms with van der Waals surface area (Å²) in [5.41, 5.74) is 0.827. The van der Waals surface area contributed by atoms with Crippen LogP contribution in [-0.2, 0) is 4.74 Å². The van der Waals surface area contributed by atoms with Crippen molar-refractivity contribution in [3.8, 4) is 16.9 Å². The normalized spacial score (nSPS) is 10.2. The predicted molar refractivity (Wildman–Crippen MR) is 69.4 cm³/mol. The van der Waals surface area contributed by atoms with Crippen LogP contribution in [0.15, 0.2) is 42.5 Å². The third-order valence-electron chi connectivity index (χ3n) is 2.56. The number of carbonyl (C=O) groups excluding carboxylic acids is 1. The maximum atomic E-state index is 13.6. The van der Waals surface area contributed by atoms with Crippen LogP contribution in [0.4, 0.5) is 13.6 Å². The molecule has 2 aromatic rings. The smallest absolute Gasteiger partial charge is 0.434 e. The topological polar surface area (TPSA) is 35.5 Å². The van der Waals surface area contributed by atoms with Crippen LogP contribution >= 0.6 is 0 Å². The summed E-state index contributed by atoms with van der Waals surface area (Å²) in [6.07, 6.45) is -0.798. The minimum atomic E-state index is -0.798. The van der Waals surface area contributed by atoms with E-state index in [1.807, 2.05) is 0 Å². The molecule has 5 heteroatoms. The Morgan fingerprint density at radius 2 is 1.80 bits per heavy atom. The van der Waals surface area contributed by atoms with Gasteiger partial charge in [0.05, 0.1) is 6.61 Å². The Labute approximate surface area is 114 Å². The van der Waals surface area contributed by atoms with E-state index < -0.39 is 17.8 Å². The molecule has 0 fully saturated rings. The third-order valence-corrected chi connectivity index (χ3v) is 2.56. The molecule has 0 spiro atoms. The zero-order chi connectivity index (χ0) is 14.5. The molecule has 0 saturated heterocycles. The SMILES string of the molecule is CCOC(=O)Oc1ccc(-c2ccc(F)cc2F)cc1. The molecule has 0 aliphatic carbocycles. The Bertz CT molecular complexity index is 609. The van der Waals surface area contributed by atoms with Crippen molar-refractivity contribution in [3.63, 3.8) is 0 Å². The summed E-state index contributed by atoms with van der Waals surface area (Å²) < 4.78 is 35.9. The van der Waals surface area contributed by atoms with Gasteiger partial charge in [0.2, 0.25) is 0 Å². The maximum Gasteiger partial charge on any atom is 0.513 e. The van der Waals surface area contributed by atoms with Crippen molar-refractivity contribution < 1.29 is 23.0 Å². The predicted octanol–water partition coefficient (Wildman–Crippen LogP) is 4.17. The highest BCUT2D eigenvalue weighted by molar-refractivity contribution is 5.67. The lowest BCUT2D eigenvalue weighted by Crippen LogP contribution is -2.09. The first-order valence-corrected chi connectivity index (χ1v) is 6.00. The van der Waals surface area contributed by atoms with Gasteiger partial charge in [0, 0.05) is 11.6 Å². The lowest BCUT2D eigenvalue weighted by Gasteiger charge is -2.06. The van der Waals surface area contributed by atoms with Crippen molar-refractivity contribution in [2.75, 3.05) is 6.61 Å². The molecule has 20 heavy (non-hydrogen) atoms. The lowest BCUT2D eigenvalue weighted by atomic mass is 10.1. The van der Waals surface area contributed by atoms with Crippen LogP contribution < -0.4 is 4.74 Å². The summed E-state index contributed by atoms with van der Waals surface area (Å²) in [7, 11) is 0. The summed E-state index contributed by atoms with van der Waals surface area (Å²) in [5.74, 6) is -0.993. The van der Waals surface area contributed by atoms with Crippen LogP contribution in [0.25, 0.3) is 11.1 Å². The van der Waals surface area contributed by atoms with E-state index in [1.54, 1.807) is 19.1 Å². The minimum Gasteiger partial charge on any atom is -0.434 e. The van der Waals surface area contributed by atoms with E-state index in [0.29, 0.717) is 5.56 Å². The zero-order valence-corrected chi connectivity index (χ0v) is 10.7. The number of benzene rings is 2. The molecule has 0 heterocycles. The molecular weight excluding hydrogens is 266 g/mol. The molecule has 2 rings (SSSR count). The third kappa shape index (κ3) is 3.32. The maximum absolute atomic E-state index is 13.6. The van der Waals surface area contributed by atoms with Gasteiger partial charge in [0.1, 0.15) is 17.4 Å². The van der Waals surface area contributed by atoms with Gasteiger partial charge in [-0.1, -0.05) is 12.1 Å². The van der Waals surface area contributed by atoms with Crippen LogP contribution in [0.1, 0.15) is 6.92 Å². The Hall–Kier alpha value is -2.43. The van der Waals surface area contributed by atoms with Crippen molar-refractivity contribution in [2.24, 2.45) is 0 Å². The van der Waals surface area contributed by atoms with E-state index >= 15 is 0 Å². The van der Waals surface area contributed by atoms with Gasteiger partial charge >= 0.3 is 6.16 Å². The number of hydrogen-bond donors (Lipinski definition) is 0. The van der Waals surface area contributed by atoms with E-state index in [1.165, 1.54) is 24.3 Å². The Balaban J connectivity index is 2.17. The van der Waals surface area contributed by atoms with Gasteiger partial charge in [-0.25, -0.2) is 13.6 Å². The monoisotopic (exact) mass is 278 g/mol. The Morgan fingerprint density at radius 3 is 2.40 bits per heavy atom. The summed E-state index contributed by atoms with van der Waals surface area (Å²) in [6, 6.07) is 9.52. The van der Waals surface area contributed by atoms with Gasteiger partial charge in [0.25, 0.3) is 0 Å². The van der Waals surface area contributed by atoms with Gasteiger partial charge in [-0.05, 0) is 36.8 Å². The first kappa shape index (κ1) is 14.0. The lowest BCUT2D eigenvalue weighted by molar-refractivity contribution is 0.104. The first-order chi connectivity index (χ1) is 9.60. The Kier molecular flexibility index (Phi) is 4.30. The molecule has 0 atom stereocenters. The van der Waals surface area contributed by atoms with Gasteiger partial charge in [-0.2, -0.15) is 0 Å². The van der Waals surface area contributed by atoms with Crippen LogP contribution in [0.2, 0.25) is 0 Å². The molecule has 2 aromatic carbocycles. The van der Waals surface area contributed by atoms with Crippen molar-refractivity contribution >= 4 is 6.16 Å². The van der Waals surface area contributed by atoms with Gasteiger partial charge in [0.15, 0.2) is 0 Å². The second kappa shape index (κ2) is 6.14. The summed E-state index contributed by atoms with van der Waals surface area (Å²) >= 11 is 0. The van der Waals surface area contributed by atoms with Crippen molar-refractivity contribution in [2.45, 2.75) is 6.92 Å². The van der Waals surface area contributed by atoms with Crippen LogP contribution in [0.5, 0.6) is 5.75 Å². The highest BCUT2D eigenvalue weighted by Gasteiger charge is 2.08. The van der Waals surface area contributed by atoms with Crippen LogP contribution in [0, 0.1) is 11.6 Å². The van der Waals surface area contributed by atoms with E-state index in [9.17, 15) is 13.6 Å². The number of ether oxygens (including phenoxy) is 2. The highest BCUT2D eigenvalue weighted by atomic mass is 19.1. The highest BCUT2D eigenvalue weighted by Crippen LogP contribution is 2.25. The fourth-order valence-electron chi connectivity index (χ4n) is 1.67. The summed E-state index contributed by atoms with van der Waals surface area (Å²) in [6.45, 7) is 1.89. The average molecular weight is 278 g/mol. The zero-order valence-electron chi connectivity index (χ0n) is 10.7. The van der Waals surface area contributed by atoms with Gasteiger partial charge in [-0.3, -0.25) is 0 Å². The second-order valence-corrected chi connectivity index (χ2v) is 3.93. The fourth-order valence-corrected chi connectivity index (χ4v) is 1.67. The molecular formula is C15H12F2O3. The molecule has 0 unspecified atom stereocenters. The average Bonchev–Trinajstić information content (AvgIpc) is 2.40. The molecule has 0 N–H and O–H groups in total. The largest absolute Gasteiger partial charge is 0.513 e. The molecule has 3 nitrogen and oxygen atoms in total. The molecule has 104 valence electrons. The van der Waals surface area contributed by atoms with Gasteiger partial charge < -0.3 is 9.47 Å². The van der Waals surface area contributed by atoms with Gasteiger partial charge in [-0.15, -0.1) is 0 Å². The van der Waals surface area contributed by atoms with E-state index in [2.05, 4.69) is 4.74 Å². The fraction of sp³-hybridized carbons (Fsp3) is 0.133. The number of rotatable bonds is 3. The molecule has 0 radical (unpaired) electrons. The van der Waals surface area contributed by atoms with Crippen LogP contribution in [0.3, 0.4) is 0 Å². The molecule has 0 aliphatic heterocycles.